The van der Waals surface area contributed by atoms with Crippen molar-refractivity contribution in [2.24, 2.45) is 5.92 Å². The first-order chi connectivity index (χ1) is 33.1. The van der Waals surface area contributed by atoms with E-state index in [4.69, 9.17) is 0 Å². The van der Waals surface area contributed by atoms with Crippen molar-refractivity contribution >= 4 is 40.8 Å². The lowest BCUT2D eigenvalue weighted by molar-refractivity contribution is -0.160. The Balaban J connectivity index is 0.784. The number of carbonyl (C=O) groups is 4. The molecule has 2 atom stereocenters. The number of aromatic nitrogens is 1. The number of anilines is 3. The number of benzene rings is 4. The minimum absolute atomic E-state index is 0.209. The van der Waals surface area contributed by atoms with E-state index in [1.807, 2.05) is 11.0 Å². The topological polar surface area (TPSA) is 139 Å². The van der Waals surface area contributed by atoms with Gasteiger partial charge in [0.2, 0.25) is 17.7 Å². The van der Waals surface area contributed by atoms with Gasteiger partial charge in [-0.1, -0.05) is 66.7 Å². The van der Waals surface area contributed by atoms with E-state index in [1.54, 1.807) is 48.5 Å². The highest BCUT2D eigenvalue weighted by atomic mass is 19.4. The van der Waals surface area contributed by atoms with Crippen molar-refractivity contribution < 1.29 is 45.5 Å². The van der Waals surface area contributed by atoms with Gasteiger partial charge in [-0.05, 0) is 90.8 Å². The van der Waals surface area contributed by atoms with Gasteiger partial charge in [-0.25, -0.2) is 9.37 Å². The fourth-order valence-electron chi connectivity index (χ4n) is 9.00. The Morgan fingerprint density at radius 2 is 1.45 bits per heavy atom. The van der Waals surface area contributed by atoms with Gasteiger partial charge < -0.3 is 25.8 Å². The number of piperazine rings is 1. The average Bonchev–Trinajstić information content (AvgIpc) is 3.34. The number of piperidine rings is 2. The number of nitrogens with one attached hydrogen (secondary N) is 4. The summed E-state index contributed by atoms with van der Waals surface area (Å²) in [5, 5.41) is 11.3. The highest BCUT2D eigenvalue weighted by Crippen LogP contribution is 2.35. The van der Waals surface area contributed by atoms with Crippen LogP contribution in [0.1, 0.15) is 54.0 Å². The molecule has 0 bridgehead atoms. The Labute approximate surface area is 395 Å². The second-order valence-corrected chi connectivity index (χ2v) is 17.7. The molecule has 0 radical (unpaired) electrons. The van der Waals surface area contributed by atoms with Crippen molar-refractivity contribution in [3.05, 3.63) is 143 Å². The van der Waals surface area contributed by atoms with E-state index in [0.29, 0.717) is 92.0 Å². The molecule has 3 saturated heterocycles. The third-order valence-corrected chi connectivity index (χ3v) is 13.0. The number of rotatable bonds is 15. The van der Waals surface area contributed by atoms with Crippen molar-refractivity contribution in [1.82, 2.24) is 25.4 Å². The molecule has 4 N–H and O–H groups in total. The molecule has 12 nitrogen and oxygen atoms in total. The maximum absolute atomic E-state index is 15.7. The molecular weight excluding hydrogens is 903 g/mol. The molecule has 0 saturated carbocycles. The first kappa shape index (κ1) is 48.7. The fraction of sp³-hybridized carbons (Fsp3) is 0.353. The molecule has 69 heavy (non-hydrogen) atoms. The van der Waals surface area contributed by atoms with Crippen LogP contribution < -0.4 is 26.2 Å². The van der Waals surface area contributed by atoms with Crippen LogP contribution in [0, 0.1) is 11.7 Å². The van der Waals surface area contributed by atoms with Crippen LogP contribution in [0.3, 0.4) is 0 Å². The molecule has 2 unspecified atom stereocenters. The SMILES string of the molecule is O=C1CCC(Nc2ccc(N3CCN(CC4CCN(C(=O)C(F)(F)c5ccc(-c6ccc(NC(=O)C(NCCc7ccc(C(F)(F)F)cc7)c7ccccc7)nc6)cc5)CC4)CC3)c(F)c2)C(=O)N1. The molecule has 0 spiro atoms. The lowest BCUT2D eigenvalue weighted by Crippen LogP contribution is -2.50. The number of halogens is 6. The molecule has 3 aliphatic rings. The number of hydrogen-bond donors (Lipinski definition) is 4. The normalized spacial score (nSPS) is 17.9. The van der Waals surface area contributed by atoms with Crippen LogP contribution in [0.4, 0.5) is 43.5 Å². The monoisotopic (exact) mass is 954 g/mol. The summed E-state index contributed by atoms with van der Waals surface area (Å²) in [6, 6.07) is 25.9. The Morgan fingerprint density at radius 1 is 0.768 bits per heavy atom. The van der Waals surface area contributed by atoms with Gasteiger partial charge in [0.25, 0.3) is 5.91 Å². The lowest BCUT2D eigenvalue weighted by Gasteiger charge is -2.40. The number of imide groups is 1. The molecule has 1 aromatic heterocycles. The van der Waals surface area contributed by atoms with Crippen molar-refractivity contribution in [2.75, 3.05) is 67.9 Å². The molecular formula is C51H52F6N8O4. The van der Waals surface area contributed by atoms with E-state index in [0.717, 1.165) is 18.7 Å². The largest absolute Gasteiger partial charge is 0.416 e. The summed E-state index contributed by atoms with van der Waals surface area (Å²) < 4.78 is 85.6. The summed E-state index contributed by atoms with van der Waals surface area (Å²) in [6.07, 6.45) is -0.844. The van der Waals surface area contributed by atoms with Gasteiger partial charge in [-0.2, -0.15) is 22.0 Å². The van der Waals surface area contributed by atoms with Gasteiger partial charge in [-0.15, -0.1) is 0 Å². The summed E-state index contributed by atoms with van der Waals surface area (Å²) in [4.78, 5) is 60.2. The van der Waals surface area contributed by atoms with Crippen molar-refractivity contribution in [3.8, 4) is 11.1 Å². The fourth-order valence-corrected chi connectivity index (χ4v) is 9.00. The molecule has 8 rings (SSSR count). The third kappa shape index (κ3) is 12.1. The van der Waals surface area contributed by atoms with Crippen molar-refractivity contribution in [1.29, 1.82) is 0 Å². The first-order valence-electron chi connectivity index (χ1n) is 23.0. The van der Waals surface area contributed by atoms with Gasteiger partial charge in [0.05, 0.1) is 11.3 Å². The van der Waals surface area contributed by atoms with Gasteiger partial charge in [0.1, 0.15) is 23.7 Å². The van der Waals surface area contributed by atoms with E-state index >= 15 is 13.2 Å². The Hall–Kier alpha value is -6.79. The predicted octanol–water partition coefficient (Wildman–Crippen LogP) is 7.79. The van der Waals surface area contributed by atoms with Crippen LogP contribution in [0.2, 0.25) is 0 Å². The zero-order chi connectivity index (χ0) is 48.7. The molecule has 362 valence electrons. The maximum Gasteiger partial charge on any atom is 0.416 e. The zero-order valence-corrected chi connectivity index (χ0v) is 37.6. The molecule has 3 aliphatic heterocycles. The minimum atomic E-state index is -4.43. The second kappa shape index (κ2) is 21.2. The van der Waals surface area contributed by atoms with E-state index in [9.17, 15) is 32.3 Å². The number of nitrogens with zero attached hydrogens (tertiary/aromatic N) is 4. The zero-order valence-electron chi connectivity index (χ0n) is 37.6. The van der Waals surface area contributed by atoms with E-state index in [-0.39, 0.29) is 37.2 Å². The highest BCUT2D eigenvalue weighted by Gasteiger charge is 2.45. The average molecular weight is 955 g/mol. The predicted molar refractivity (Wildman–Crippen MR) is 249 cm³/mol. The second-order valence-electron chi connectivity index (χ2n) is 17.7. The number of pyridine rings is 1. The van der Waals surface area contributed by atoms with E-state index in [2.05, 4.69) is 31.2 Å². The van der Waals surface area contributed by atoms with Crippen LogP contribution in [-0.4, -0.2) is 96.8 Å². The molecule has 4 heterocycles. The molecule has 4 aromatic carbocycles. The van der Waals surface area contributed by atoms with Gasteiger partial charge >= 0.3 is 12.1 Å². The lowest BCUT2D eigenvalue weighted by atomic mass is 9.94. The quantitative estimate of drug-likeness (QED) is 0.0612. The minimum Gasteiger partial charge on any atom is -0.374 e. The first-order valence-corrected chi connectivity index (χ1v) is 23.0. The van der Waals surface area contributed by atoms with Gasteiger partial charge in [0, 0.05) is 81.8 Å². The number of amides is 4. The third-order valence-electron chi connectivity index (χ3n) is 13.0. The molecule has 5 aromatic rings. The molecule has 18 heteroatoms. The smallest absolute Gasteiger partial charge is 0.374 e. The van der Waals surface area contributed by atoms with Crippen LogP contribution >= 0.6 is 0 Å². The molecule has 4 amide bonds. The summed E-state index contributed by atoms with van der Waals surface area (Å²) in [7, 11) is 0. The molecule has 0 aliphatic carbocycles. The standard InChI is InChI=1S/C51H52F6N8O4/c52-41-30-40(60-42-16-19-45(66)62-47(42)67)15-17-43(41)64-28-26-63(27-29-64)32-34-21-24-65(25-22-34)49(69)50(53,54)38-13-8-35(9-14-38)37-10-18-44(59-31-37)61-48(68)46(36-4-2-1-3-5-36)58-23-20-33-6-11-39(12-7-33)51(55,56)57/h1-15,17-18,30-31,34,42,46,58,60H,16,19-29,32H2,(H,59,61,68)(H,62,66,67). The number of hydrogen-bond acceptors (Lipinski definition) is 9. The van der Waals surface area contributed by atoms with Gasteiger partial charge in [-0.3, -0.25) is 29.4 Å². The summed E-state index contributed by atoms with van der Waals surface area (Å²) >= 11 is 0. The van der Waals surface area contributed by atoms with E-state index < -0.39 is 58.8 Å². The van der Waals surface area contributed by atoms with Crippen molar-refractivity contribution in [3.63, 3.8) is 0 Å². The highest BCUT2D eigenvalue weighted by molar-refractivity contribution is 6.01. The Morgan fingerprint density at radius 3 is 2.09 bits per heavy atom. The maximum atomic E-state index is 15.7. The summed E-state index contributed by atoms with van der Waals surface area (Å²) in [5.41, 5.74) is 2.26. The Bertz CT molecular complexity index is 2590. The summed E-state index contributed by atoms with van der Waals surface area (Å²) in [6.45, 7) is 4.02. The van der Waals surface area contributed by atoms with Gasteiger partial charge in [0.15, 0.2) is 0 Å². The van der Waals surface area contributed by atoms with Crippen LogP contribution in [0.15, 0.2) is 115 Å². The van der Waals surface area contributed by atoms with E-state index in [1.165, 1.54) is 53.6 Å². The van der Waals surface area contributed by atoms with Crippen LogP contribution in [0.5, 0.6) is 0 Å². The molecule has 3 fully saturated rings. The summed E-state index contributed by atoms with van der Waals surface area (Å²) in [5.74, 6) is -6.11. The van der Waals surface area contributed by atoms with Crippen LogP contribution in [0.25, 0.3) is 11.1 Å². The Kier molecular flexibility index (Phi) is 15.0. The number of alkyl halides is 5. The number of likely N-dealkylation sites (tertiary alicyclic amines) is 1. The van der Waals surface area contributed by atoms with Crippen molar-refractivity contribution in [2.45, 2.75) is 56.3 Å². The van der Waals surface area contributed by atoms with Crippen LogP contribution in [-0.2, 0) is 37.7 Å². The number of carbonyl (C=O) groups excluding carboxylic acids is 4.